The molecule has 0 aliphatic carbocycles. The Hall–Kier alpha value is -3.79. The fourth-order valence-corrected chi connectivity index (χ4v) is 2.79. The zero-order valence-corrected chi connectivity index (χ0v) is 16.7. The molecule has 0 spiro atoms. The summed E-state index contributed by atoms with van der Waals surface area (Å²) in [7, 11) is 0. The van der Waals surface area contributed by atoms with Gasteiger partial charge in [-0.05, 0) is 48.4 Å². The molecule has 0 saturated heterocycles. The summed E-state index contributed by atoms with van der Waals surface area (Å²) in [5, 5.41) is 9.47. The highest BCUT2D eigenvalue weighted by Gasteiger charge is 2.30. The van der Waals surface area contributed by atoms with Gasteiger partial charge in [0.05, 0.1) is 23.4 Å². The second-order valence-corrected chi connectivity index (χ2v) is 6.51. The molecule has 0 bridgehead atoms. The summed E-state index contributed by atoms with van der Waals surface area (Å²) in [6.07, 6.45) is -2.23. The number of nitrogens with zero attached hydrogens (tertiary/aromatic N) is 2. The number of alkyl halides is 3. The lowest BCUT2D eigenvalue weighted by atomic mass is 10.1. The molecule has 3 rings (SSSR count). The first-order valence-electron chi connectivity index (χ1n) is 9.49. The number of hydrogen-bond donors (Lipinski definition) is 0. The Balaban J connectivity index is 1.84. The average molecular weight is 424 g/mol. The van der Waals surface area contributed by atoms with Gasteiger partial charge in [-0.2, -0.15) is 18.4 Å². The minimum Gasteiger partial charge on any atom is -0.490 e. The van der Waals surface area contributed by atoms with Crippen LogP contribution in [0.1, 0.15) is 29.3 Å². The largest absolute Gasteiger partial charge is 0.490 e. The third-order valence-corrected chi connectivity index (χ3v) is 4.30. The number of pyridine rings is 1. The van der Waals surface area contributed by atoms with Crippen molar-refractivity contribution in [1.29, 1.82) is 5.26 Å². The van der Waals surface area contributed by atoms with Crippen molar-refractivity contribution in [3.63, 3.8) is 0 Å². The van der Waals surface area contributed by atoms with E-state index >= 15 is 0 Å². The Morgan fingerprint density at radius 3 is 2.42 bits per heavy atom. The van der Waals surface area contributed by atoms with E-state index in [9.17, 15) is 18.4 Å². The minimum absolute atomic E-state index is 0.133. The van der Waals surface area contributed by atoms with Crippen molar-refractivity contribution in [2.75, 3.05) is 6.61 Å². The van der Waals surface area contributed by atoms with Crippen LogP contribution in [-0.2, 0) is 12.8 Å². The molecule has 0 aliphatic rings. The minimum atomic E-state index is -4.48. The number of hydrogen-bond acceptors (Lipinski definition) is 4. The molecule has 3 aromatic rings. The Bertz CT molecular complexity index is 1090. The third kappa shape index (κ3) is 5.86. The summed E-state index contributed by atoms with van der Waals surface area (Å²) in [6.45, 7) is 2.63. The number of ether oxygens (including phenoxy) is 2. The molecule has 1 aromatic heterocycles. The van der Waals surface area contributed by atoms with Gasteiger partial charge in [0.1, 0.15) is 12.7 Å². The molecular formula is C24H19F3N2O2. The SMILES string of the molecule is CCOc1cc(/C=C(/C#N)c2ccc(C(F)(F)F)cn2)ccc1OCc1ccccc1. The van der Waals surface area contributed by atoms with Gasteiger partial charge in [-0.25, -0.2) is 0 Å². The van der Waals surface area contributed by atoms with Gasteiger partial charge in [-0.3, -0.25) is 4.98 Å². The lowest BCUT2D eigenvalue weighted by Gasteiger charge is -2.13. The highest BCUT2D eigenvalue weighted by molar-refractivity contribution is 5.88. The lowest BCUT2D eigenvalue weighted by molar-refractivity contribution is -0.137. The van der Waals surface area contributed by atoms with Gasteiger partial charge in [0, 0.05) is 6.20 Å². The van der Waals surface area contributed by atoms with E-state index in [4.69, 9.17) is 9.47 Å². The van der Waals surface area contributed by atoms with Crippen LogP contribution in [0.25, 0.3) is 11.6 Å². The maximum Gasteiger partial charge on any atom is 0.417 e. The van der Waals surface area contributed by atoms with Crippen LogP contribution in [0.3, 0.4) is 0 Å². The van der Waals surface area contributed by atoms with Crippen molar-refractivity contribution in [2.24, 2.45) is 0 Å². The molecule has 0 atom stereocenters. The van der Waals surface area contributed by atoms with E-state index in [-0.39, 0.29) is 11.3 Å². The van der Waals surface area contributed by atoms with Crippen LogP contribution in [0.5, 0.6) is 11.5 Å². The molecule has 2 aromatic carbocycles. The first kappa shape index (κ1) is 21.9. The van der Waals surface area contributed by atoms with E-state index in [2.05, 4.69) is 4.98 Å². The van der Waals surface area contributed by atoms with Crippen LogP contribution >= 0.6 is 0 Å². The monoisotopic (exact) mass is 424 g/mol. The van der Waals surface area contributed by atoms with Crippen LogP contribution in [0.15, 0.2) is 66.9 Å². The van der Waals surface area contributed by atoms with Crippen molar-refractivity contribution < 1.29 is 22.6 Å². The highest BCUT2D eigenvalue weighted by Crippen LogP contribution is 2.32. The van der Waals surface area contributed by atoms with Gasteiger partial charge in [0.2, 0.25) is 0 Å². The van der Waals surface area contributed by atoms with Crippen molar-refractivity contribution in [2.45, 2.75) is 19.7 Å². The summed E-state index contributed by atoms with van der Waals surface area (Å²) < 4.78 is 49.7. The van der Waals surface area contributed by atoms with Gasteiger partial charge in [0.25, 0.3) is 0 Å². The van der Waals surface area contributed by atoms with Gasteiger partial charge in [-0.15, -0.1) is 0 Å². The first-order chi connectivity index (χ1) is 14.9. The summed E-state index contributed by atoms with van der Waals surface area (Å²) >= 11 is 0. The summed E-state index contributed by atoms with van der Waals surface area (Å²) in [6, 6.07) is 18.9. The fraction of sp³-hybridized carbons (Fsp3) is 0.167. The number of allylic oxidation sites excluding steroid dienone is 1. The Morgan fingerprint density at radius 1 is 1.03 bits per heavy atom. The number of aromatic nitrogens is 1. The Kier molecular flexibility index (Phi) is 6.93. The third-order valence-electron chi connectivity index (χ3n) is 4.30. The Morgan fingerprint density at radius 2 is 1.81 bits per heavy atom. The summed E-state index contributed by atoms with van der Waals surface area (Å²) in [5.74, 6) is 1.05. The topological polar surface area (TPSA) is 55.1 Å². The summed E-state index contributed by atoms with van der Waals surface area (Å²) in [4.78, 5) is 3.79. The molecule has 0 aliphatic heterocycles. The van der Waals surface area contributed by atoms with Crippen LogP contribution in [-0.4, -0.2) is 11.6 Å². The van der Waals surface area contributed by atoms with Crippen molar-refractivity contribution in [3.05, 3.63) is 89.2 Å². The molecule has 7 heteroatoms. The Labute approximate surface area is 178 Å². The van der Waals surface area contributed by atoms with E-state index in [0.717, 1.165) is 11.6 Å². The van der Waals surface area contributed by atoms with E-state index in [1.807, 2.05) is 43.3 Å². The normalized spacial score (nSPS) is 11.6. The van der Waals surface area contributed by atoms with Crippen molar-refractivity contribution in [3.8, 4) is 17.6 Å². The van der Waals surface area contributed by atoms with Crippen LogP contribution in [0.2, 0.25) is 0 Å². The van der Waals surface area contributed by atoms with Crippen molar-refractivity contribution >= 4 is 11.6 Å². The second-order valence-electron chi connectivity index (χ2n) is 6.51. The van der Waals surface area contributed by atoms with E-state index < -0.39 is 11.7 Å². The standard InChI is InChI=1S/C24H19F3N2O2/c1-2-30-23-13-18(8-11-22(23)31-16-17-6-4-3-5-7-17)12-19(14-28)21-10-9-20(15-29-21)24(25,26)27/h3-13,15H,2,16H2,1H3/b19-12-. The number of benzene rings is 2. The van der Waals surface area contributed by atoms with Gasteiger partial charge < -0.3 is 9.47 Å². The molecule has 0 amide bonds. The highest BCUT2D eigenvalue weighted by atomic mass is 19.4. The molecule has 0 fully saturated rings. The maximum absolute atomic E-state index is 12.7. The molecule has 31 heavy (non-hydrogen) atoms. The molecule has 4 nitrogen and oxygen atoms in total. The zero-order chi connectivity index (χ0) is 22.3. The number of rotatable bonds is 7. The quantitative estimate of drug-likeness (QED) is 0.428. The molecule has 0 radical (unpaired) electrons. The van der Waals surface area contributed by atoms with Crippen LogP contribution < -0.4 is 9.47 Å². The molecule has 0 unspecified atom stereocenters. The molecule has 1 heterocycles. The zero-order valence-electron chi connectivity index (χ0n) is 16.7. The predicted octanol–water partition coefficient (Wildman–Crippen LogP) is 6.14. The predicted molar refractivity (Wildman–Crippen MR) is 111 cm³/mol. The van der Waals surface area contributed by atoms with E-state index in [1.54, 1.807) is 24.3 Å². The van der Waals surface area contributed by atoms with Crippen LogP contribution in [0.4, 0.5) is 13.2 Å². The molecule has 0 saturated carbocycles. The van der Waals surface area contributed by atoms with E-state index in [0.29, 0.717) is 36.5 Å². The molecule has 0 N–H and O–H groups in total. The number of halogens is 3. The summed E-state index contributed by atoms with van der Waals surface area (Å²) in [5.41, 5.74) is 1.06. The van der Waals surface area contributed by atoms with Crippen LogP contribution in [0, 0.1) is 11.3 Å². The number of nitriles is 1. The second kappa shape index (κ2) is 9.81. The van der Waals surface area contributed by atoms with Gasteiger partial charge >= 0.3 is 6.18 Å². The lowest BCUT2D eigenvalue weighted by Crippen LogP contribution is -2.05. The molecular weight excluding hydrogens is 405 g/mol. The molecule has 158 valence electrons. The fourth-order valence-electron chi connectivity index (χ4n) is 2.79. The van der Waals surface area contributed by atoms with Gasteiger partial charge in [-0.1, -0.05) is 36.4 Å². The maximum atomic E-state index is 12.7. The first-order valence-corrected chi connectivity index (χ1v) is 9.49. The average Bonchev–Trinajstić information content (AvgIpc) is 2.77. The smallest absolute Gasteiger partial charge is 0.417 e. The van der Waals surface area contributed by atoms with Crippen molar-refractivity contribution in [1.82, 2.24) is 4.98 Å². The van der Waals surface area contributed by atoms with E-state index in [1.165, 1.54) is 6.07 Å². The van der Waals surface area contributed by atoms with Gasteiger partial charge in [0.15, 0.2) is 11.5 Å².